The average Bonchev–Trinajstić information content (AvgIpc) is 3.32. The first-order chi connectivity index (χ1) is 15.7. The van der Waals surface area contributed by atoms with Crippen molar-refractivity contribution in [3.05, 3.63) is 64.5 Å². The van der Waals surface area contributed by atoms with Crippen LogP contribution < -0.4 is 10.6 Å². The van der Waals surface area contributed by atoms with Crippen molar-refractivity contribution in [1.29, 1.82) is 0 Å². The first-order valence-corrected chi connectivity index (χ1v) is 11.9. The van der Waals surface area contributed by atoms with Crippen LogP contribution in [0, 0.1) is 0 Å². The molecule has 3 heterocycles. The number of hydrogen-bond donors (Lipinski definition) is 2. The van der Waals surface area contributed by atoms with E-state index in [-0.39, 0.29) is 5.91 Å². The highest BCUT2D eigenvalue weighted by molar-refractivity contribution is 7.18. The third kappa shape index (κ3) is 4.29. The van der Waals surface area contributed by atoms with Crippen molar-refractivity contribution in [2.45, 2.75) is 0 Å². The summed E-state index contributed by atoms with van der Waals surface area (Å²) in [4.78, 5) is 20.2. The van der Waals surface area contributed by atoms with Crippen molar-refractivity contribution in [2.24, 2.45) is 0 Å². The van der Waals surface area contributed by atoms with E-state index >= 15 is 0 Å². The van der Waals surface area contributed by atoms with Crippen molar-refractivity contribution in [2.75, 3.05) is 44.7 Å². The maximum Gasteiger partial charge on any atom is 0.253 e. The molecule has 5 rings (SSSR count). The lowest BCUT2D eigenvalue weighted by Crippen LogP contribution is -2.41. The van der Waals surface area contributed by atoms with E-state index in [9.17, 15) is 4.79 Å². The quantitative estimate of drug-likeness (QED) is 0.422. The summed E-state index contributed by atoms with van der Waals surface area (Å²) in [6.07, 6.45) is 0. The number of para-hydroxylation sites is 2. The minimum atomic E-state index is -0.115. The predicted molar refractivity (Wildman–Crippen MR) is 131 cm³/mol. The summed E-state index contributed by atoms with van der Waals surface area (Å²) in [6.45, 7) is 4.69. The molecule has 1 aliphatic heterocycles. The molecule has 0 aliphatic carbocycles. The summed E-state index contributed by atoms with van der Waals surface area (Å²) in [5, 5.41) is 11.1. The molecule has 8 heteroatoms. The van der Waals surface area contributed by atoms with Crippen LogP contribution in [0.3, 0.4) is 0 Å². The van der Waals surface area contributed by atoms with Gasteiger partial charge in [0.25, 0.3) is 5.91 Å². The van der Waals surface area contributed by atoms with E-state index in [1.54, 1.807) is 11.3 Å². The molecule has 0 atom stereocenters. The molecule has 6 nitrogen and oxygen atoms in total. The van der Waals surface area contributed by atoms with Gasteiger partial charge >= 0.3 is 0 Å². The van der Waals surface area contributed by atoms with Crippen LogP contribution in [0.1, 0.15) is 10.4 Å². The summed E-state index contributed by atoms with van der Waals surface area (Å²) < 4.78 is 6.47. The number of fused-ring (bicyclic) bond motifs is 3. The van der Waals surface area contributed by atoms with E-state index in [2.05, 4.69) is 15.5 Å². The normalized spacial score (nSPS) is 14.7. The summed E-state index contributed by atoms with van der Waals surface area (Å²) in [7, 11) is 0. The Bertz CT molecular complexity index is 1270. The maximum absolute atomic E-state index is 13.1. The second-order valence-corrected chi connectivity index (χ2v) is 8.96. The number of carbonyl (C=O) groups is 1. The average molecular weight is 467 g/mol. The molecular weight excluding hydrogens is 444 g/mol. The molecule has 0 unspecified atom stereocenters. The van der Waals surface area contributed by atoms with Gasteiger partial charge in [0.1, 0.15) is 5.82 Å². The number of carbonyl (C=O) groups excluding carboxylic acids is 1. The van der Waals surface area contributed by atoms with Crippen LogP contribution in [0.15, 0.2) is 53.9 Å². The van der Waals surface area contributed by atoms with E-state index in [4.69, 9.17) is 21.3 Å². The van der Waals surface area contributed by atoms with Gasteiger partial charge in [-0.05, 0) is 29.6 Å². The smallest absolute Gasteiger partial charge is 0.253 e. The Labute approximate surface area is 195 Å². The number of hydrogen-bond acceptors (Lipinski definition) is 6. The van der Waals surface area contributed by atoms with E-state index in [1.807, 2.05) is 53.9 Å². The highest BCUT2D eigenvalue weighted by Crippen LogP contribution is 2.36. The Kier molecular flexibility index (Phi) is 6.23. The minimum Gasteiger partial charge on any atom is -0.379 e. The zero-order chi connectivity index (χ0) is 21.9. The van der Waals surface area contributed by atoms with Gasteiger partial charge in [-0.15, -0.1) is 11.3 Å². The van der Waals surface area contributed by atoms with Gasteiger partial charge in [0.15, 0.2) is 0 Å². The zero-order valence-electron chi connectivity index (χ0n) is 17.4. The zero-order valence-corrected chi connectivity index (χ0v) is 19.0. The number of benzene rings is 2. The standard InChI is InChI=1S/C24H23ClN4O2S/c25-19-6-1-2-7-20(19)27-23-18-8-15-32-22(18)16-4-3-5-17(21(16)28-23)24(30)26-9-10-29-11-13-31-14-12-29/h1-8,15H,9-14H2,(H,26,30)(H,27,28). The molecule has 1 saturated heterocycles. The number of amides is 1. The lowest BCUT2D eigenvalue weighted by Gasteiger charge is -2.26. The number of nitrogens with zero attached hydrogens (tertiary/aromatic N) is 2. The van der Waals surface area contributed by atoms with E-state index in [0.29, 0.717) is 28.5 Å². The molecule has 4 aromatic rings. The van der Waals surface area contributed by atoms with Crippen LogP contribution in [0.5, 0.6) is 0 Å². The molecule has 0 radical (unpaired) electrons. The van der Waals surface area contributed by atoms with Crippen LogP contribution in [-0.4, -0.2) is 55.2 Å². The van der Waals surface area contributed by atoms with Crippen molar-refractivity contribution < 1.29 is 9.53 Å². The van der Waals surface area contributed by atoms with Gasteiger partial charge in [-0.2, -0.15) is 0 Å². The predicted octanol–water partition coefficient (Wildman–Crippen LogP) is 4.91. The van der Waals surface area contributed by atoms with Crippen LogP contribution in [0.4, 0.5) is 11.5 Å². The van der Waals surface area contributed by atoms with E-state index < -0.39 is 0 Å². The largest absolute Gasteiger partial charge is 0.379 e. The van der Waals surface area contributed by atoms with Gasteiger partial charge in [-0.1, -0.05) is 35.9 Å². The highest BCUT2D eigenvalue weighted by Gasteiger charge is 2.17. The molecule has 1 amide bonds. The van der Waals surface area contributed by atoms with Crippen molar-refractivity contribution in [3.8, 4) is 0 Å². The number of aromatic nitrogens is 1. The fourth-order valence-corrected chi connectivity index (χ4v) is 5.05. The lowest BCUT2D eigenvalue weighted by molar-refractivity contribution is 0.0383. The molecule has 32 heavy (non-hydrogen) atoms. The molecule has 1 aliphatic rings. The second kappa shape index (κ2) is 9.42. The highest BCUT2D eigenvalue weighted by atomic mass is 35.5. The molecule has 1 fully saturated rings. The molecule has 0 saturated carbocycles. The third-order valence-electron chi connectivity index (χ3n) is 5.61. The Hall–Kier alpha value is -2.71. The fraction of sp³-hybridized carbons (Fsp3) is 0.250. The molecule has 2 N–H and O–H groups in total. The number of nitrogens with one attached hydrogen (secondary N) is 2. The van der Waals surface area contributed by atoms with E-state index in [1.165, 1.54) is 0 Å². The van der Waals surface area contributed by atoms with E-state index in [0.717, 1.165) is 54.0 Å². The molecule has 0 bridgehead atoms. The summed E-state index contributed by atoms with van der Waals surface area (Å²) in [5.41, 5.74) is 2.03. The number of thiophene rings is 1. The van der Waals surface area contributed by atoms with Crippen LogP contribution in [-0.2, 0) is 4.74 Å². The van der Waals surface area contributed by atoms with Gasteiger partial charge in [0.05, 0.1) is 35.0 Å². The fourth-order valence-electron chi connectivity index (χ4n) is 3.94. The number of halogens is 1. The molecular formula is C24H23ClN4O2S. The van der Waals surface area contributed by atoms with Gasteiger partial charge in [-0.25, -0.2) is 4.98 Å². The minimum absolute atomic E-state index is 0.115. The van der Waals surface area contributed by atoms with Crippen molar-refractivity contribution >= 4 is 61.3 Å². The topological polar surface area (TPSA) is 66.5 Å². The SMILES string of the molecule is O=C(NCCN1CCOCC1)c1cccc2c1nc(Nc1ccccc1Cl)c1ccsc12. The Balaban J connectivity index is 1.46. The molecule has 164 valence electrons. The first-order valence-electron chi connectivity index (χ1n) is 10.6. The summed E-state index contributed by atoms with van der Waals surface area (Å²) >= 11 is 8.00. The second-order valence-electron chi connectivity index (χ2n) is 7.64. The monoisotopic (exact) mass is 466 g/mol. The van der Waals surface area contributed by atoms with Gasteiger partial charge < -0.3 is 15.4 Å². The maximum atomic E-state index is 13.1. The van der Waals surface area contributed by atoms with Gasteiger partial charge in [-0.3, -0.25) is 9.69 Å². The third-order valence-corrected chi connectivity index (χ3v) is 6.89. The molecule has 2 aromatic heterocycles. The number of morpholine rings is 1. The number of ether oxygens (including phenoxy) is 1. The summed E-state index contributed by atoms with van der Waals surface area (Å²) in [6, 6.07) is 15.4. The van der Waals surface area contributed by atoms with Crippen molar-refractivity contribution in [1.82, 2.24) is 15.2 Å². The van der Waals surface area contributed by atoms with Crippen LogP contribution in [0.25, 0.3) is 21.0 Å². The Morgan fingerprint density at radius 3 is 2.78 bits per heavy atom. The Morgan fingerprint density at radius 2 is 1.94 bits per heavy atom. The van der Waals surface area contributed by atoms with Crippen LogP contribution in [0.2, 0.25) is 5.02 Å². The summed E-state index contributed by atoms with van der Waals surface area (Å²) in [5.74, 6) is 0.575. The lowest BCUT2D eigenvalue weighted by atomic mass is 10.1. The number of anilines is 2. The molecule has 2 aromatic carbocycles. The number of pyridine rings is 1. The van der Waals surface area contributed by atoms with Crippen molar-refractivity contribution in [3.63, 3.8) is 0 Å². The molecule has 0 spiro atoms. The van der Waals surface area contributed by atoms with Crippen LogP contribution >= 0.6 is 22.9 Å². The Morgan fingerprint density at radius 1 is 1.09 bits per heavy atom. The van der Waals surface area contributed by atoms with Gasteiger partial charge in [0.2, 0.25) is 0 Å². The number of rotatable bonds is 6. The first kappa shape index (κ1) is 21.2. The van der Waals surface area contributed by atoms with Gasteiger partial charge in [0, 0.05) is 41.7 Å².